The van der Waals surface area contributed by atoms with Gasteiger partial charge in [-0.15, -0.1) is 0 Å². The Balaban J connectivity index is 1.57. The monoisotopic (exact) mass is 364 g/mol. The third-order valence-electron chi connectivity index (χ3n) is 3.47. The van der Waals surface area contributed by atoms with Crippen LogP contribution in [0.2, 0.25) is 0 Å². The van der Waals surface area contributed by atoms with Crippen LogP contribution in [0.15, 0.2) is 72.9 Å². The number of rotatable bonds is 5. The fourth-order valence-corrected chi connectivity index (χ4v) is 2.20. The second-order valence-corrected chi connectivity index (χ2v) is 5.39. The van der Waals surface area contributed by atoms with Crippen molar-refractivity contribution in [2.24, 2.45) is 0 Å². The Morgan fingerprint density at radius 2 is 1.52 bits per heavy atom. The number of nitrogens with zero attached hydrogens (tertiary/aromatic N) is 1. The highest BCUT2D eigenvalue weighted by Crippen LogP contribution is 2.23. The largest absolute Gasteiger partial charge is 0.457 e. The average Bonchev–Trinajstić information content (AvgIpc) is 2.70. The predicted molar refractivity (Wildman–Crippen MR) is 99.1 cm³/mol. The van der Waals surface area contributed by atoms with Gasteiger partial charge in [-0.05, 0) is 60.7 Å². The number of aromatic nitrogens is 1. The van der Waals surface area contributed by atoms with E-state index in [9.17, 15) is 9.59 Å². The number of anilines is 2. The summed E-state index contributed by atoms with van der Waals surface area (Å²) in [5.74, 6) is 0.942. The number of hydrogen-bond acceptors (Lipinski definition) is 5. The van der Waals surface area contributed by atoms with Gasteiger partial charge < -0.3 is 10.1 Å². The zero-order valence-corrected chi connectivity index (χ0v) is 14.0. The van der Waals surface area contributed by atoms with Gasteiger partial charge in [0.05, 0.1) is 0 Å². The zero-order valence-electron chi connectivity index (χ0n) is 14.0. The number of urea groups is 1. The summed E-state index contributed by atoms with van der Waals surface area (Å²) in [5, 5.41) is 13.9. The Kier molecular flexibility index (Phi) is 5.60. The average molecular weight is 364 g/mol. The van der Waals surface area contributed by atoms with Gasteiger partial charge in [0.2, 0.25) is 0 Å². The molecule has 3 amide bonds. The van der Waals surface area contributed by atoms with Crippen molar-refractivity contribution in [1.82, 2.24) is 10.5 Å². The van der Waals surface area contributed by atoms with Crippen molar-refractivity contribution in [2.45, 2.75) is 0 Å². The molecule has 8 heteroatoms. The van der Waals surface area contributed by atoms with Gasteiger partial charge in [-0.25, -0.2) is 15.3 Å². The van der Waals surface area contributed by atoms with E-state index in [2.05, 4.69) is 15.6 Å². The van der Waals surface area contributed by atoms with Gasteiger partial charge >= 0.3 is 6.03 Å². The topological polar surface area (TPSA) is 113 Å². The van der Waals surface area contributed by atoms with Crippen molar-refractivity contribution >= 4 is 23.4 Å². The number of carbonyl (C=O) groups is 2. The molecule has 3 rings (SSSR count). The van der Waals surface area contributed by atoms with Crippen LogP contribution < -0.4 is 20.9 Å². The van der Waals surface area contributed by atoms with Gasteiger partial charge in [0.25, 0.3) is 5.91 Å². The van der Waals surface area contributed by atoms with E-state index >= 15 is 0 Å². The lowest BCUT2D eigenvalue weighted by Gasteiger charge is -2.09. The van der Waals surface area contributed by atoms with Crippen molar-refractivity contribution in [3.05, 3.63) is 78.5 Å². The summed E-state index contributed by atoms with van der Waals surface area (Å²) in [5.41, 5.74) is 2.46. The first-order valence-electron chi connectivity index (χ1n) is 7.95. The summed E-state index contributed by atoms with van der Waals surface area (Å²) in [7, 11) is 0. The van der Waals surface area contributed by atoms with Gasteiger partial charge in [0, 0.05) is 17.4 Å². The minimum Gasteiger partial charge on any atom is -0.457 e. The summed E-state index contributed by atoms with van der Waals surface area (Å²) in [6.07, 6.45) is 1.59. The van der Waals surface area contributed by atoms with E-state index in [-0.39, 0.29) is 0 Å². The third kappa shape index (κ3) is 5.03. The fourth-order valence-electron chi connectivity index (χ4n) is 2.20. The molecule has 0 aliphatic rings. The number of hydrogen-bond donors (Lipinski definition) is 4. The second kappa shape index (κ2) is 8.45. The third-order valence-corrected chi connectivity index (χ3v) is 3.47. The molecule has 1 aromatic heterocycles. The minimum absolute atomic E-state index is 0.309. The molecule has 8 nitrogen and oxygen atoms in total. The molecule has 1 heterocycles. The van der Waals surface area contributed by atoms with Crippen LogP contribution in [0.5, 0.6) is 11.5 Å². The van der Waals surface area contributed by atoms with E-state index in [1.54, 1.807) is 66.3 Å². The summed E-state index contributed by atoms with van der Waals surface area (Å²) in [6.45, 7) is 0. The number of hydroxylamine groups is 1. The number of benzene rings is 2. The predicted octanol–water partition coefficient (Wildman–Crippen LogP) is 3.64. The van der Waals surface area contributed by atoms with E-state index in [1.165, 1.54) is 12.1 Å². The standard InChI is InChI=1S/C19H16N4O4/c24-18(23-26)13-4-8-15(9-5-13)27-16-10-6-14(7-11-16)21-19(25)22-17-3-1-2-12-20-17/h1-12,26H,(H,23,24)(H2,20,21,22,25). The Morgan fingerprint density at radius 1 is 0.852 bits per heavy atom. The molecule has 0 saturated carbocycles. The summed E-state index contributed by atoms with van der Waals surface area (Å²) < 4.78 is 5.67. The van der Waals surface area contributed by atoms with Crippen molar-refractivity contribution in [1.29, 1.82) is 0 Å². The van der Waals surface area contributed by atoms with Crippen molar-refractivity contribution in [3.63, 3.8) is 0 Å². The first-order valence-corrected chi connectivity index (χ1v) is 7.95. The lowest BCUT2D eigenvalue weighted by atomic mass is 10.2. The van der Waals surface area contributed by atoms with E-state index in [4.69, 9.17) is 9.94 Å². The molecule has 0 atom stereocenters. The van der Waals surface area contributed by atoms with Crippen LogP contribution in [0.4, 0.5) is 16.3 Å². The first kappa shape index (κ1) is 17.9. The normalized spacial score (nSPS) is 9.96. The Hall–Kier alpha value is -3.91. The molecule has 136 valence electrons. The van der Waals surface area contributed by atoms with Gasteiger partial charge in [-0.2, -0.15) is 0 Å². The maximum atomic E-state index is 11.9. The van der Waals surface area contributed by atoms with Gasteiger partial charge in [-0.1, -0.05) is 6.07 Å². The zero-order chi connectivity index (χ0) is 19.1. The Labute approximate surface area is 154 Å². The molecular formula is C19H16N4O4. The van der Waals surface area contributed by atoms with E-state index < -0.39 is 11.9 Å². The molecule has 0 spiro atoms. The van der Waals surface area contributed by atoms with E-state index in [0.29, 0.717) is 28.6 Å². The molecule has 0 aliphatic heterocycles. The quantitative estimate of drug-likeness (QED) is 0.408. The molecule has 0 saturated heterocycles. The molecule has 3 aromatic rings. The summed E-state index contributed by atoms with van der Waals surface area (Å²) in [4.78, 5) is 27.2. The molecular weight excluding hydrogens is 348 g/mol. The lowest BCUT2D eigenvalue weighted by molar-refractivity contribution is 0.0706. The molecule has 27 heavy (non-hydrogen) atoms. The van der Waals surface area contributed by atoms with Crippen LogP contribution in [0, 0.1) is 0 Å². The number of pyridine rings is 1. The van der Waals surface area contributed by atoms with Gasteiger partial charge in [-0.3, -0.25) is 15.3 Å². The van der Waals surface area contributed by atoms with Crippen molar-refractivity contribution < 1.29 is 19.5 Å². The molecule has 0 bridgehead atoms. The molecule has 0 aliphatic carbocycles. The van der Waals surface area contributed by atoms with Crippen LogP contribution in [0.25, 0.3) is 0 Å². The Morgan fingerprint density at radius 3 is 2.11 bits per heavy atom. The minimum atomic E-state index is -0.596. The first-order chi connectivity index (χ1) is 13.1. The second-order valence-electron chi connectivity index (χ2n) is 5.39. The maximum absolute atomic E-state index is 11.9. The molecule has 2 aromatic carbocycles. The highest BCUT2D eigenvalue weighted by Gasteiger charge is 2.06. The van der Waals surface area contributed by atoms with Gasteiger partial charge in [0.15, 0.2) is 0 Å². The summed E-state index contributed by atoms with van der Waals surface area (Å²) >= 11 is 0. The van der Waals surface area contributed by atoms with Crippen molar-refractivity contribution in [2.75, 3.05) is 10.6 Å². The highest BCUT2D eigenvalue weighted by atomic mass is 16.5. The van der Waals surface area contributed by atoms with E-state index in [0.717, 1.165) is 0 Å². The SMILES string of the molecule is O=C(Nc1ccc(Oc2ccc(C(=O)NO)cc2)cc1)Nc1ccccn1. The van der Waals surface area contributed by atoms with Crippen LogP contribution in [0.3, 0.4) is 0 Å². The molecule has 0 unspecified atom stereocenters. The van der Waals surface area contributed by atoms with E-state index in [1.807, 2.05) is 0 Å². The number of nitrogens with one attached hydrogen (secondary N) is 3. The molecule has 0 radical (unpaired) electrons. The fraction of sp³-hybridized carbons (Fsp3) is 0. The molecule has 0 fully saturated rings. The van der Waals surface area contributed by atoms with Crippen LogP contribution in [-0.2, 0) is 0 Å². The number of ether oxygens (including phenoxy) is 1. The van der Waals surface area contributed by atoms with Gasteiger partial charge in [0.1, 0.15) is 17.3 Å². The maximum Gasteiger partial charge on any atom is 0.324 e. The van der Waals surface area contributed by atoms with Crippen LogP contribution in [0.1, 0.15) is 10.4 Å². The number of amides is 3. The summed E-state index contributed by atoms with van der Waals surface area (Å²) in [6, 6.07) is 17.9. The molecule has 4 N–H and O–H groups in total. The smallest absolute Gasteiger partial charge is 0.324 e. The van der Waals surface area contributed by atoms with Crippen LogP contribution >= 0.6 is 0 Å². The number of carbonyl (C=O) groups excluding carboxylic acids is 2. The van der Waals surface area contributed by atoms with Crippen molar-refractivity contribution in [3.8, 4) is 11.5 Å². The Bertz CT molecular complexity index is 913. The van der Waals surface area contributed by atoms with Crippen LogP contribution in [-0.4, -0.2) is 22.1 Å². The lowest BCUT2D eigenvalue weighted by Crippen LogP contribution is -2.19. The highest BCUT2D eigenvalue weighted by molar-refractivity contribution is 5.99.